The molecule has 1 saturated heterocycles. The second-order valence-electron chi connectivity index (χ2n) is 7.18. The van der Waals surface area contributed by atoms with Crippen LogP contribution >= 0.6 is 12.4 Å². The van der Waals surface area contributed by atoms with Crippen LogP contribution in [-0.4, -0.2) is 29.9 Å². The fourth-order valence-corrected chi connectivity index (χ4v) is 4.29. The van der Waals surface area contributed by atoms with E-state index in [0.717, 1.165) is 31.5 Å². The molecule has 1 aliphatic heterocycles. The fraction of sp³-hybridized carbons (Fsp3) is 0.632. The highest BCUT2D eigenvalue weighted by atomic mass is 35.5. The summed E-state index contributed by atoms with van der Waals surface area (Å²) in [5, 5.41) is 0. The summed E-state index contributed by atoms with van der Waals surface area (Å²) in [6.45, 7) is 6.14. The molecular formula is C19H29ClN2O. The predicted molar refractivity (Wildman–Crippen MR) is 96.7 cm³/mol. The highest BCUT2D eigenvalue weighted by molar-refractivity contribution is 5.85. The van der Waals surface area contributed by atoms with E-state index < -0.39 is 0 Å². The molecule has 1 saturated carbocycles. The average Bonchev–Trinajstić information content (AvgIpc) is 3.11. The molecule has 3 rings (SSSR count). The van der Waals surface area contributed by atoms with E-state index in [0.29, 0.717) is 29.7 Å². The number of halogens is 1. The van der Waals surface area contributed by atoms with Crippen LogP contribution in [0.2, 0.25) is 0 Å². The minimum atomic E-state index is -0.0127. The Morgan fingerprint density at radius 1 is 1.26 bits per heavy atom. The standard InChI is InChI=1S/C19H28N2O.ClH/c1-3-13(2)18(14-7-5-4-6-8-14)19(22)21-11-15-9-10-17(20)16(15)12-21;/h4-8,13,15-18H,3,9-12,20H2,1-2H3;1H. The van der Waals surface area contributed by atoms with Gasteiger partial charge in [-0.2, -0.15) is 0 Å². The molecule has 128 valence electrons. The van der Waals surface area contributed by atoms with Gasteiger partial charge in [-0.1, -0.05) is 50.6 Å². The summed E-state index contributed by atoms with van der Waals surface area (Å²) in [5.41, 5.74) is 7.37. The lowest BCUT2D eigenvalue weighted by atomic mass is 9.84. The van der Waals surface area contributed by atoms with Gasteiger partial charge in [0.15, 0.2) is 0 Å². The molecule has 1 aliphatic carbocycles. The van der Waals surface area contributed by atoms with Crippen LogP contribution in [0, 0.1) is 17.8 Å². The van der Waals surface area contributed by atoms with Gasteiger partial charge in [0.2, 0.25) is 5.91 Å². The Bertz CT molecular complexity index is 521. The summed E-state index contributed by atoms with van der Waals surface area (Å²) >= 11 is 0. The molecular weight excluding hydrogens is 308 g/mol. The van der Waals surface area contributed by atoms with E-state index in [1.807, 2.05) is 18.2 Å². The Hall–Kier alpha value is -1.06. The Kier molecular flexibility index (Phi) is 6.10. The Morgan fingerprint density at radius 2 is 1.96 bits per heavy atom. The van der Waals surface area contributed by atoms with Crippen LogP contribution in [0.15, 0.2) is 30.3 Å². The summed E-state index contributed by atoms with van der Waals surface area (Å²) in [6, 6.07) is 10.6. The van der Waals surface area contributed by atoms with Gasteiger partial charge in [-0.15, -0.1) is 12.4 Å². The van der Waals surface area contributed by atoms with E-state index in [2.05, 4.69) is 30.9 Å². The molecule has 2 fully saturated rings. The summed E-state index contributed by atoms with van der Waals surface area (Å²) in [7, 11) is 0. The van der Waals surface area contributed by atoms with E-state index in [1.54, 1.807) is 0 Å². The number of hydrogen-bond acceptors (Lipinski definition) is 2. The molecule has 5 atom stereocenters. The quantitative estimate of drug-likeness (QED) is 0.915. The summed E-state index contributed by atoms with van der Waals surface area (Å²) in [4.78, 5) is 15.3. The van der Waals surface area contributed by atoms with Crippen LogP contribution in [-0.2, 0) is 4.79 Å². The number of fused-ring (bicyclic) bond motifs is 1. The SMILES string of the molecule is CCC(C)C(C(=O)N1CC2CCC(N)C2C1)c1ccccc1.Cl. The molecule has 0 spiro atoms. The first-order chi connectivity index (χ1) is 10.6. The van der Waals surface area contributed by atoms with Crippen LogP contribution in [0.1, 0.15) is 44.6 Å². The monoisotopic (exact) mass is 336 g/mol. The van der Waals surface area contributed by atoms with Crippen molar-refractivity contribution in [3.8, 4) is 0 Å². The van der Waals surface area contributed by atoms with Gasteiger partial charge >= 0.3 is 0 Å². The first-order valence-corrected chi connectivity index (χ1v) is 8.71. The van der Waals surface area contributed by atoms with Crippen LogP contribution in [0.3, 0.4) is 0 Å². The maximum absolute atomic E-state index is 13.2. The number of carbonyl (C=O) groups excluding carboxylic acids is 1. The van der Waals surface area contributed by atoms with Gasteiger partial charge in [-0.05, 0) is 36.2 Å². The smallest absolute Gasteiger partial charge is 0.230 e. The lowest BCUT2D eigenvalue weighted by Gasteiger charge is -2.28. The molecule has 0 radical (unpaired) electrons. The van der Waals surface area contributed by atoms with Gasteiger partial charge in [-0.3, -0.25) is 4.79 Å². The first kappa shape index (κ1) is 18.3. The van der Waals surface area contributed by atoms with Crippen molar-refractivity contribution in [2.75, 3.05) is 13.1 Å². The summed E-state index contributed by atoms with van der Waals surface area (Å²) in [6.07, 6.45) is 3.34. The average molecular weight is 337 g/mol. The van der Waals surface area contributed by atoms with E-state index >= 15 is 0 Å². The molecule has 0 aromatic heterocycles. The zero-order chi connectivity index (χ0) is 15.7. The molecule has 3 nitrogen and oxygen atoms in total. The van der Waals surface area contributed by atoms with Crippen molar-refractivity contribution in [1.82, 2.24) is 4.90 Å². The molecule has 5 unspecified atom stereocenters. The second kappa shape index (κ2) is 7.67. The normalized spacial score (nSPS) is 28.8. The third kappa shape index (κ3) is 3.56. The molecule has 1 amide bonds. The largest absolute Gasteiger partial charge is 0.342 e. The van der Waals surface area contributed by atoms with E-state index in [9.17, 15) is 4.79 Å². The Balaban J connectivity index is 0.00000192. The molecule has 1 heterocycles. The molecule has 2 aliphatic rings. The van der Waals surface area contributed by atoms with Crippen LogP contribution < -0.4 is 5.73 Å². The lowest BCUT2D eigenvalue weighted by Crippen LogP contribution is -2.38. The molecule has 4 heteroatoms. The van der Waals surface area contributed by atoms with Crippen LogP contribution in [0.25, 0.3) is 0 Å². The van der Waals surface area contributed by atoms with E-state index in [4.69, 9.17) is 5.73 Å². The number of amides is 1. The number of likely N-dealkylation sites (tertiary alicyclic amines) is 1. The topological polar surface area (TPSA) is 46.3 Å². The highest BCUT2D eigenvalue weighted by Gasteiger charge is 2.44. The van der Waals surface area contributed by atoms with Gasteiger partial charge in [0.05, 0.1) is 5.92 Å². The number of carbonyl (C=O) groups is 1. The van der Waals surface area contributed by atoms with Crippen molar-refractivity contribution in [3.63, 3.8) is 0 Å². The van der Waals surface area contributed by atoms with Gasteiger partial charge in [0.25, 0.3) is 0 Å². The van der Waals surface area contributed by atoms with Crippen molar-refractivity contribution in [3.05, 3.63) is 35.9 Å². The third-order valence-corrected chi connectivity index (χ3v) is 5.86. The zero-order valence-corrected chi connectivity index (χ0v) is 15.0. The Labute approximate surface area is 146 Å². The van der Waals surface area contributed by atoms with E-state index in [-0.39, 0.29) is 18.3 Å². The first-order valence-electron chi connectivity index (χ1n) is 8.71. The minimum Gasteiger partial charge on any atom is -0.342 e. The van der Waals surface area contributed by atoms with Crippen molar-refractivity contribution < 1.29 is 4.79 Å². The molecule has 23 heavy (non-hydrogen) atoms. The number of rotatable bonds is 4. The molecule has 1 aromatic rings. The number of nitrogens with zero attached hydrogens (tertiary/aromatic N) is 1. The van der Waals surface area contributed by atoms with E-state index in [1.165, 1.54) is 6.42 Å². The van der Waals surface area contributed by atoms with Crippen LogP contribution in [0.5, 0.6) is 0 Å². The van der Waals surface area contributed by atoms with Gasteiger partial charge in [0.1, 0.15) is 0 Å². The highest BCUT2D eigenvalue weighted by Crippen LogP contribution is 2.39. The number of nitrogens with two attached hydrogens (primary N) is 1. The minimum absolute atomic E-state index is 0. The fourth-order valence-electron chi connectivity index (χ4n) is 4.29. The van der Waals surface area contributed by atoms with Crippen molar-refractivity contribution in [1.29, 1.82) is 0 Å². The third-order valence-electron chi connectivity index (χ3n) is 5.86. The summed E-state index contributed by atoms with van der Waals surface area (Å²) in [5.74, 6) is 1.82. The number of benzene rings is 1. The van der Waals surface area contributed by atoms with Crippen LogP contribution in [0.4, 0.5) is 0 Å². The molecule has 0 bridgehead atoms. The number of hydrogen-bond donors (Lipinski definition) is 1. The lowest BCUT2D eigenvalue weighted by molar-refractivity contribution is -0.133. The maximum Gasteiger partial charge on any atom is 0.230 e. The second-order valence-corrected chi connectivity index (χ2v) is 7.18. The van der Waals surface area contributed by atoms with Crippen molar-refractivity contribution in [2.45, 2.75) is 45.1 Å². The van der Waals surface area contributed by atoms with Gasteiger partial charge in [0, 0.05) is 19.1 Å². The maximum atomic E-state index is 13.2. The molecule has 2 N–H and O–H groups in total. The van der Waals surface area contributed by atoms with Gasteiger partial charge < -0.3 is 10.6 Å². The van der Waals surface area contributed by atoms with Crippen molar-refractivity contribution in [2.24, 2.45) is 23.5 Å². The zero-order valence-electron chi connectivity index (χ0n) is 14.2. The summed E-state index contributed by atoms with van der Waals surface area (Å²) < 4.78 is 0. The Morgan fingerprint density at radius 3 is 2.57 bits per heavy atom. The predicted octanol–water partition coefficient (Wildman–Crippen LogP) is 3.43. The molecule has 1 aromatic carbocycles. The van der Waals surface area contributed by atoms with Gasteiger partial charge in [-0.25, -0.2) is 0 Å². The van der Waals surface area contributed by atoms with Crippen molar-refractivity contribution >= 4 is 18.3 Å².